The van der Waals surface area contributed by atoms with E-state index in [1.807, 2.05) is 32.4 Å². The van der Waals surface area contributed by atoms with Gasteiger partial charge in [0.05, 0.1) is 18.8 Å². The van der Waals surface area contributed by atoms with Crippen LogP contribution in [0.1, 0.15) is 53.0 Å². The van der Waals surface area contributed by atoms with Gasteiger partial charge < -0.3 is 10.2 Å². The topological polar surface area (TPSA) is 97.9 Å². The summed E-state index contributed by atoms with van der Waals surface area (Å²) >= 11 is 0. The lowest BCUT2D eigenvalue weighted by Gasteiger charge is -2.27. The molecular formula is C17H25N7O2. The van der Waals surface area contributed by atoms with Crippen molar-refractivity contribution < 1.29 is 9.59 Å². The summed E-state index contributed by atoms with van der Waals surface area (Å²) in [6, 6.07) is -0.0140. The molecule has 9 heteroatoms. The van der Waals surface area contributed by atoms with Gasteiger partial charge in [-0.25, -0.2) is 4.68 Å². The van der Waals surface area contributed by atoms with E-state index in [4.69, 9.17) is 0 Å². The minimum absolute atomic E-state index is 0.0140. The molecule has 0 bridgehead atoms. The zero-order valence-electron chi connectivity index (χ0n) is 15.9. The maximum Gasteiger partial charge on any atom is 0.276 e. The van der Waals surface area contributed by atoms with Crippen molar-refractivity contribution in [2.45, 2.75) is 53.4 Å². The van der Waals surface area contributed by atoms with Crippen LogP contribution in [0, 0.1) is 12.8 Å². The highest BCUT2D eigenvalue weighted by Gasteiger charge is 2.34. The van der Waals surface area contributed by atoms with Gasteiger partial charge >= 0.3 is 0 Å². The Hall–Kier alpha value is -2.71. The monoisotopic (exact) mass is 359 g/mol. The molecule has 1 atom stereocenters. The van der Waals surface area contributed by atoms with Crippen LogP contribution in [-0.4, -0.2) is 54.6 Å². The highest BCUT2D eigenvalue weighted by atomic mass is 16.2. The SMILES string of the molecule is CCn1ncc(CN(C)C(=O)c2nnn3c2C(=O)N[C@@H](C(C)C)C3)c1C. The van der Waals surface area contributed by atoms with Gasteiger partial charge in [0.1, 0.15) is 0 Å². The zero-order chi connectivity index (χ0) is 19.0. The maximum absolute atomic E-state index is 12.8. The first-order chi connectivity index (χ1) is 12.3. The predicted octanol–water partition coefficient (Wildman–Crippen LogP) is 0.843. The minimum Gasteiger partial charge on any atom is -0.346 e. The summed E-state index contributed by atoms with van der Waals surface area (Å²) in [7, 11) is 1.69. The Morgan fingerprint density at radius 2 is 2.19 bits per heavy atom. The molecule has 0 unspecified atom stereocenters. The Kier molecular flexibility index (Phi) is 4.80. The fraction of sp³-hybridized carbons (Fsp3) is 0.588. The molecule has 0 fully saturated rings. The highest BCUT2D eigenvalue weighted by Crippen LogP contribution is 2.18. The summed E-state index contributed by atoms with van der Waals surface area (Å²) in [4.78, 5) is 26.8. The molecule has 140 valence electrons. The first-order valence-corrected chi connectivity index (χ1v) is 8.84. The van der Waals surface area contributed by atoms with E-state index in [0.717, 1.165) is 17.8 Å². The molecule has 0 spiro atoms. The second kappa shape index (κ2) is 6.89. The van der Waals surface area contributed by atoms with E-state index in [0.29, 0.717) is 13.1 Å². The first kappa shape index (κ1) is 18.1. The molecule has 2 aromatic heterocycles. The molecule has 0 radical (unpaired) electrons. The van der Waals surface area contributed by atoms with Crippen LogP contribution in [-0.2, 0) is 19.6 Å². The number of aromatic nitrogens is 5. The van der Waals surface area contributed by atoms with Crippen LogP contribution in [0.4, 0.5) is 0 Å². The van der Waals surface area contributed by atoms with Crippen molar-refractivity contribution in [2.24, 2.45) is 5.92 Å². The van der Waals surface area contributed by atoms with Crippen molar-refractivity contribution in [2.75, 3.05) is 7.05 Å². The molecule has 0 saturated heterocycles. The molecule has 2 amide bonds. The van der Waals surface area contributed by atoms with E-state index >= 15 is 0 Å². The number of carbonyl (C=O) groups is 2. The molecule has 9 nitrogen and oxygen atoms in total. The van der Waals surface area contributed by atoms with Gasteiger partial charge in [0.15, 0.2) is 11.4 Å². The van der Waals surface area contributed by atoms with Gasteiger partial charge in [-0.2, -0.15) is 5.10 Å². The van der Waals surface area contributed by atoms with Gasteiger partial charge in [-0.3, -0.25) is 14.3 Å². The molecule has 1 aliphatic rings. The summed E-state index contributed by atoms with van der Waals surface area (Å²) in [6.07, 6.45) is 1.77. The van der Waals surface area contributed by atoms with E-state index < -0.39 is 0 Å². The number of hydrogen-bond donors (Lipinski definition) is 1. The van der Waals surface area contributed by atoms with Crippen LogP contribution >= 0.6 is 0 Å². The third-order valence-corrected chi connectivity index (χ3v) is 4.90. The predicted molar refractivity (Wildman–Crippen MR) is 94.5 cm³/mol. The summed E-state index contributed by atoms with van der Waals surface area (Å²) in [5, 5.41) is 15.3. The zero-order valence-corrected chi connectivity index (χ0v) is 15.9. The van der Waals surface area contributed by atoms with Crippen molar-refractivity contribution in [3.8, 4) is 0 Å². The number of carbonyl (C=O) groups excluding carboxylic acids is 2. The Bertz CT molecular complexity index is 836. The fourth-order valence-electron chi connectivity index (χ4n) is 3.12. The smallest absolute Gasteiger partial charge is 0.276 e. The number of nitrogens with zero attached hydrogens (tertiary/aromatic N) is 6. The summed E-state index contributed by atoms with van der Waals surface area (Å²) < 4.78 is 3.41. The summed E-state index contributed by atoms with van der Waals surface area (Å²) in [5.74, 6) is -0.351. The van der Waals surface area contributed by atoms with Crippen LogP contribution < -0.4 is 5.32 Å². The first-order valence-electron chi connectivity index (χ1n) is 8.84. The molecular weight excluding hydrogens is 334 g/mol. The lowest BCUT2D eigenvalue weighted by Crippen LogP contribution is -2.48. The molecule has 3 rings (SSSR count). The molecule has 26 heavy (non-hydrogen) atoms. The van der Waals surface area contributed by atoms with E-state index in [-0.39, 0.29) is 35.2 Å². The molecule has 0 saturated carbocycles. The molecule has 0 aromatic carbocycles. The number of nitrogens with one attached hydrogen (secondary N) is 1. The fourth-order valence-corrected chi connectivity index (χ4v) is 3.12. The third-order valence-electron chi connectivity index (χ3n) is 4.90. The highest BCUT2D eigenvalue weighted by molar-refractivity contribution is 6.05. The van der Waals surface area contributed by atoms with Gasteiger partial charge in [-0.1, -0.05) is 19.1 Å². The lowest BCUT2D eigenvalue weighted by atomic mass is 10.0. The van der Waals surface area contributed by atoms with Crippen molar-refractivity contribution in [3.05, 3.63) is 28.8 Å². The van der Waals surface area contributed by atoms with Crippen molar-refractivity contribution in [1.29, 1.82) is 0 Å². The van der Waals surface area contributed by atoms with E-state index in [2.05, 4.69) is 20.7 Å². The van der Waals surface area contributed by atoms with Gasteiger partial charge in [0, 0.05) is 31.4 Å². The van der Waals surface area contributed by atoms with E-state index in [1.54, 1.807) is 13.2 Å². The number of aryl methyl sites for hydroxylation is 1. The van der Waals surface area contributed by atoms with Crippen LogP contribution in [0.5, 0.6) is 0 Å². The Morgan fingerprint density at radius 1 is 1.46 bits per heavy atom. The standard InChI is InChI=1S/C17H25N7O2/c1-6-23-11(4)12(7-18-23)8-22(5)17(26)14-15-16(25)19-13(10(2)3)9-24(15)21-20-14/h7,10,13H,6,8-9H2,1-5H3,(H,19,25)/t13-/m1/s1. The molecule has 2 aromatic rings. The van der Waals surface area contributed by atoms with Crippen molar-refractivity contribution >= 4 is 11.8 Å². The third kappa shape index (κ3) is 3.09. The van der Waals surface area contributed by atoms with Gasteiger partial charge in [-0.05, 0) is 19.8 Å². The van der Waals surface area contributed by atoms with E-state index in [9.17, 15) is 9.59 Å². The van der Waals surface area contributed by atoms with Gasteiger partial charge in [0.2, 0.25) is 0 Å². The molecule has 1 aliphatic heterocycles. The van der Waals surface area contributed by atoms with E-state index in [1.165, 1.54) is 9.58 Å². The Morgan fingerprint density at radius 3 is 2.81 bits per heavy atom. The van der Waals surface area contributed by atoms with Crippen molar-refractivity contribution in [1.82, 2.24) is 35.0 Å². The molecule has 0 aliphatic carbocycles. The number of hydrogen-bond acceptors (Lipinski definition) is 5. The largest absolute Gasteiger partial charge is 0.346 e. The molecule has 3 heterocycles. The maximum atomic E-state index is 12.8. The Labute approximate surface area is 152 Å². The Balaban J connectivity index is 1.80. The van der Waals surface area contributed by atoms with Crippen molar-refractivity contribution in [3.63, 3.8) is 0 Å². The van der Waals surface area contributed by atoms with Crippen LogP contribution in [0.15, 0.2) is 6.20 Å². The van der Waals surface area contributed by atoms with Crippen LogP contribution in [0.3, 0.4) is 0 Å². The quantitative estimate of drug-likeness (QED) is 0.853. The number of rotatable bonds is 5. The molecule has 1 N–H and O–H groups in total. The second-order valence-electron chi connectivity index (χ2n) is 7.02. The van der Waals surface area contributed by atoms with Crippen LogP contribution in [0.2, 0.25) is 0 Å². The second-order valence-corrected chi connectivity index (χ2v) is 7.02. The lowest BCUT2D eigenvalue weighted by molar-refractivity contribution is 0.0765. The average molecular weight is 359 g/mol. The van der Waals surface area contributed by atoms with Crippen LogP contribution in [0.25, 0.3) is 0 Å². The van der Waals surface area contributed by atoms with Gasteiger partial charge in [-0.15, -0.1) is 5.10 Å². The minimum atomic E-state index is -0.326. The number of fused-ring (bicyclic) bond motifs is 1. The number of amides is 2. The summed E-state index contributed by atoms with van der Waals surface area (Å²) in [5.41, 5.74) is 2.31. The average Bonchev–Trinajstić information content (AvgIpc) is 3.18. The summed E-state index contributed by atoms with van der Waals surface area (Å²) in [6.45, 7) is 9.75. The normalized spacial score (nSPS) is 16.5. The van der Waals surface area contributed by atoms with Gasteiger partial charge in [0.25, 0.3) is 11.8 Å².